The molecule has 0 spiro atoms. The molecule has 0 aliphatic carbocycles. The van der Waals surface area contributed by atoms with Crippen LogP contribution in [0.4, 0.5) is 0 Å². The minimum Gasteiger partial charge on any atom is -0.443 e. The van der Waals surface area contributed by atoms with Gasteiger partial charge in [-0.25, -0.2) is 0 Å². The van der Waals surface area contributed by atoms with Gasteiger partial charge in [-0.1, -0.05) is 36.4 Å². The van der Waals surface area contributed by atoms with Crippen LogP contribution in [0.1, 0.15) is 6.92 Å². The van der Waals surface area contributed by atoms with Crippen molar-refractivity contribution in [3.8, 4) is 5.75 Å². The van der Waals surface area contributed by atoms with Crippen molar-refractivity contribution < 1.29 is 9.64 Å². The van der Waals surface area contributed by atoms with Crippen LogP contribution in [0.3, 0.4) is 0 Å². The standard InChI is InChI=1S/C14H17NO/c1-11(15(2)3)16-14-10-6-8-12-7-4-5-9-13(12)14/h4-11H,1-3H3/p+1. The van der Waals surface area contributed by atoms with Gasteiger partial charge in [-0.3, -0.25) is 0 Å². The Kier molecular flexibility index (Phi) is 3.11. The number of ether oxygens (including phenoxy) is 1. The summed E-state index contributed by atoms with van der Waals surface area (Å²) in [6.45, 7) is 2.08. The molecule has 0 radical (unpaired) electrons. The first kappa shape index (κ1) is 11.0. The fourth-order valence-electron chi connectivity index (χ4n) is 1.61. The molecule has 16 heavy (non-hydrogen) atoms. The van der Waals surface area contributed by atoms with Gasteiger partial charge in [-0.2, -0.15) is 0 Å². The van der Waals surface area contributed by atoms with E-state index in [0.717, 1.165) is 5.75 Å². The molecule has 2 heteroatoms. The average Bonchev–Trinajstić information content (AvgIpc) is 2.29. The molecular weight excluding hydrogens is 198 g/mol. The molecule has 1 N–H and O–H groups in total. The summed E-state index contributed by atoms with van der Waals surface area (Å²) in [6, 6.07) is 14.5. The van der Waals surface area contributed by atoms with Gasteiger partial charge >= 0.3 is 0 Å². The van der Waals surface area contributed by atoms with E-state index in [9.17, 15) is 0 Å². The zero-order chi connectivity index (χ0) is 11.5. The zero-order valence-corrected chi connectivity index (χ0v) is 10.0. The van der Waals surface area contributed by atoms with E-state index in [0.29, 0.717) is 0 Å². The van der Waals surface area contributed by atoms with Gasteiger partial charge in [-0.05, 0) is 11.5 Å². The number of hydrogen-bond acceptors (Lipinski definition) is 1. The molecule has 1 unspecified atom stereocenters. The second kappa shape index (κ2) is 4.54. The number of nitrogens with one attached hydrogen (secondary N) is 1. The van der Waals surface area contributed by atoms with Crippen LogP contribution in [0.25, 0.3) is 10.8 Å². The minimum atomic E-state index is 0.158. The number of hydrogen-bond donors (Lipinski definition) is 1. The van der Waals surface area contributed by atoms with Gasteiger partial charge in [0.15, 0.2) is 0 Å². The minimum absolute atomic E-state index is 0.158. The molecule has 2 nitrogen and oxygen atoms in total. The monoisotopic (exact) mass is 216 g/mol. The summed E-state index contributed by atoms with van der Waals surface area (Å²) < 4.78 is 5.95. The third-order valence-corrected chi connectivity index (χ3v) is 2.87. The van der Waals surface area contributed by atoms with E-state index in [1.165, 1.54) is 15.7 Å². The van der Waals surface area contributed by atoms with Gasteiger partial charge in [0.05, 0.1) is 14.1 Å². The van der Waals surface area contributed by atoms with Crippen LogP contribution in [-0.4, -0.2) is 20.3 Å². The van der Waals surface area contributed by atoms with Crippen LogP contribution < -0.4 is 9.64 Å². The molecule has 2 aromatic carbocycles. The molecule has 0 heterocycles. The van der Waals surface area contributed by atoms with Crippen LogP contribution in [-0.2, 0) is 0 Å². The van der Waals surface area contributed by atoms with Gasteiger partial charge in [-0.15, -0.1) is 0 Å². The van der Waals surface area contributed by atoms with Crippen LogP contribution >= 0.6 is 0 Å². The lowest BCUT2D eigenvalue weighted by Crippen LogP contribution is -3.10. The molecule has 0 saturated carbocycles. The summed E-state index contributed by atoms with van der Waals surface area (Å²) >= 11 is 0. The van der Waals surface area contributed by atoms with Crippen molar-refractivity contribution in [2.75, 3.05) is 14.1 Å². The van der Waals surface area contributed by atoms with E-state index >= 15 is 0 Å². The third-order valence-electron chi connectivity index (χ3n) is 2.87. The van der Waals surface area contributed by atoms with Crippen molar-refractivity contribution in [2.24, 2.45) is 0 Å². The lowest BCUT2D eigenvalue weighted by molar-refractivity contribution is -0.903. The van der Waals surface area contributed by atoms with E-state index < -0.39 is 0 Å². The maximum atomic E-state index is 5.95. The second-order valence-corrected chi connectivity index (χ2v) is 4.31. The number of benzene rings is 2. The Balaban J connectivity index is 2.37. The first-order valence-corrected chi connectivity index (χ1v) is 5.63. The molecule has 0 aromatic heterocycles. The van der Waals surface area contributed by atoms with E-state index in [4.69, 9.17) is 4.74 Å². The van der Waals surface area contributed by atoms with E-state index in [-0.39, 0.29) is 6.23 Å². The molecule has 0 saturated heterocycles. The Labute approximate surface area is 96.4 Å². The highest BCUT2D eigenvalue weighted by atomic mass is 16.5. The van der Waals surface area contributed by atoms with Crippen molar-refractivity contribution in [1.82, 2.24) is 0 Å². The van der Waals surface area contributed by atoms with Crippen molar-refractivity contribution in [2.45, 2.75) is 13.2 Å². The number of fused-ring (bicyclic) bond motifs is 1. The highest BCUT2D eigenvalue weighted by Crippen LogP contribution is 2.25. The second-order valence-electron chi connectivity index (χ2n) is 4.31. The Bertz CT molecular complexity index is 474. The molecule has 2 rings (SSSR count). The quantitative estimate of drug-likeness (QED) is 0.771. The maximum absolute atomic E-state index is 5.95. The van der Waals surface area contributed by atoms with Crippen molar-refractivity contribution in [1.29, 1.82) is 0 Å². The van der Waals surface area contributed by atoms with Crippen LogP contribution in [0.15, 0.2) is 42.5 Å². The molecule has 0 amide bonds. The summed E-state index contributed by atoms with van der Waals surface area (Å²) in [6.07, 6.45) is 0.158. The van der Waals surface area contributed by atoms with Crippen LogP contribution in [0.2, 0.25) is 0 Å². The third kappa shape index (κ3) is 2.17. The summed E-state index contributed by atoms with van der Waals surface area (Å²) in [5.74, 6) is 0.965. The van der Waals surface area contributed by atoms with Crippen molar-refractivity contribution in [3.05, 3.63) is 42.5 Å². The van der Waals surface area contributed by atoms with E-state index in [1.807, 2.05) is 24.3 Å². The molecule has 0 aliphatic rings. The van der Waals surface area contributed by atoms with Crippen LogP contribution in [0, 0.1) is 0 Å². The molecule has 0 bridgehead atoms. The van der Waals surface area contributed by atoms with Gasteiger partial charge in [0.25, 0.3) is 0 Å². The summed E-state index contributed by atoms with van der Waals surface area (Å²) in [7, 11) is 4.19. The van der Waals surface area contributed by atoms with E-state index in [1.54, 1.807) is 0 Å². The van der Waals surface area contributed by atoms with Gasteiger partial charge in [0, 0.05) is 12.3 Å². The lowest BCUT2D eigenvalue weighted by Gasteiger charge is -2.19. The lowest BCUT2D eigenvalue weighted by atomic mass is 10.1. The Morgan fingerprint density at radius 2 is 1.69 bits per heavy atom. The Morgan fingerprint density at radius 1 is 1.00 bits per heavy atom. The summed E-state index contributed by atoms with van der Waals surface area (Å²) in [4.78, 5) is 1.29. The highest BCUT2D eigenvalue weighted by Gasteiger charge is 2.10. The molecule has 0 fully saturated rings. The van der Waals surface area contributed by atoms with Gasteiger partial charge < -0.3 is 9.64 Å². The van der Waals surface area contributed by atoms with Crippen molar-refractivity contribution in [3.63, 3.8) is 0 Å². The summed E-state index contributed by atoms with van der Waals surface area (Å²) in [5, 5.41) is 2.40. The highest BCUT2D eigenvalue weighted by molar-refractivity contribution is 5.88. The molecule has 2 aromatic rings. The van der Waals surface area contributed by atoms with Gasteiger partial charge in [0.2, 0.25) is 6.23 Å². The number of quaternary nitrogens is 1. The zero-order valence-electron chi connectivity index (χ0n) is 10.0. The van der Waals surface area contributed by atoms with Crippen LogP contribution in [0.5, 0.6) is 5.75 Å². The van der Waals surface area contributed by atoms with Crippen molar-refractivity contribution >= 4 is 10.8 Å². The first-order valence-electron chi connectivity index (χ1n) is 5.63. The topological polar surface area (TPSA) is 13.7 Å². The fourth-order valence-corrected chi connectivity index (χ4v) is 1.61. The Morgan fingerprint density at radius 3 is 2.44 bits per heavy atom. The SMILES string of the molecule is CC(Oc1cccc2ccccc12)[NH+](C)C. The molecule has 0 aliphatic heterocycles. The van der Waals surface area contributed by atoms with Gasteiger partial charge in [0.1, 0.15) is 5.75 Å². The average molecular weight is 216 g/mol. The molecular formula is C14H18NO+. The predicted octanol–water partition coefficient (Wildman–Crippen LogP) is 1.71. The largest absolute Gasteiger partial charge is 0.443 e. The van der Waals surface area contributed by atoms with E-state index in [2.05, 4.69) is 39.2 Å². The molecule has 1 atom stereocenters. The molecule has 84 valence electrons. The normalized spacial score (nSPS) is 13.0. The first-order chi connectivity index (χ1) is 7.68. The smallest absolute Gasteiger partial charge is 0.228 e. The fraction of sp³-hybridized carbons (Fsp3) is 0.286. The number of rotatable bonds is 3. The predicted molar refractivity (Wildman–Crippen MR) is 66.8 cm³/mol. The maximum Gasteiger partial charge on any atom is 0.228 e. The Hall–Kier alpha value is -1.54. The summed E-state index contributed by atoms with van der Waals surface area (Å²) in [5.41, 5.74) is 0.